The fourth-order valence-electron chi connectivity index (χ4n) is 9.67. The highest BCUT2D eigenvalue weighted by molar-refractivity contribution is 5.72. The van der Waals surface area contributed by atoms with E-state index in [1.54, 1.807) is 24.5 Å². The molecule has 0 unspecified atom stereocenters. The minimum absolute atomic E-state index is 0.0195. The van der Waals surface area contributed by atoms with Gasteiger partial charge in [-0.25, -0.2) is 19.3 Å². The molecule has 0 saturated heterocycles. The number of ether oxygens (including phenoxy) is 3. The summed E-state index contributed by atoms with van der Waals surface area (Å²) in [6.45, 7) is -0.356. The van der Waals surface area contributed by atoms with Crippen molar-refractivity contribution in [3.8, 4) is 73.6 Å². The van der Waals surface area contributed by atoms with E-state index in [4.69, 9.17) is 19.2 Å². The first-order chi connectivity index (χ1) is 33.9. The predicted octanol–water partition coefficient (Wildman–Crippen LogP) is 12.8. The van der Waals surface area contributed by atoms with Crippen LogP contribution in [0, 0.1) is 17.7 Å². The summed E-state index contributed by atoms with van der Waals surface area (Å²) < 4.78 is 32.2. The predicted molar refractivity (Wildman–Crippen MR) is 263 cm³/mol. The fourth-order valence-corrected chi connectivity index (χ4v) is 9.67. The molecule has 12 heteroatoms. The molecule has 348 valence electrons. The Morgan fingerprint density at radius 2 is 1.09 bits per heavy atom. The highest BCUT2D eigenvalue weighted by Gasteiger charge is 2.27. The van der Waals surface area contributed by atoms with E-state index in [9.17, 15) is 9.59 Å². The van der Waals surface area contributed by atoms with E-state index in [1.807, 2.05) is 85.2 Å². The second kappa shape index (κ2) is 21.1. The molecule has 0 aliphatic heterocycles. The second-order valence-corrected chi connectivity index (χ2v) is 18.2. The Morgan fingerprint density at radius 3 is 1.68 bits per heavy atom. The van der Waals surface area contributed by atoms with Crippen molar-refractivity contribution in [2.24, 2.45) is 11.8 Å². The first-order valence-corrected chi connectivity index (χ1v) is 23.9. The number of esters is 2. The number of imidazole rings is 2. The molecule has 4 heterocycles. The zero-order valence-corrected chi connectivity index (χ0v) is 38.2. The van der Waals surface area contributed by atoms with Gasteiger partial charge in [-0.15, -0.1) is 0 Å². The summed E-state index contributed by atoms with van der Waals surface area (Å²) in [4.78, 5) is 50.2. The number of carbonyl (C=O) groups is 2. The molecule has 0 amide bonds. The van der Waals surface area contributed by atoms with Gasteiger partial charge in [-0.3, -0.25) is 14.6 Å². The Balaban J connectivity index is 0.600. The van der Waals surface area contributed by atoms with Crippen molar-refractivity contribution in [2.75, 3.05) is 6.79 Å². The Morgan fingerprint density at radius 1 is 0.522 bits per heavy atom. The number of nitrogens with one attached hydrogen (secondary N) is 2. The minimum atomic E-state index is -0.380. The van der Waals surface area contributed by atoms with E-state index in [-0.39, 0.29) is 48.9 Å². The maximum Gasteiger partial charge on any atom is 0.308 e. The van der Waals surface area contributed by atoms with Crippen molar-refractivity contribution < 1.29 is 28.2 Å². The molecule has 0 atom stereocenters. The molecule has 69 heavy (non-hydrogen) atoms. The molecule has 2 aliphatic rings. The van der Waals surface area contributed by atoms with Gasteiger partial charge < -0.3 is 24.2 Å². The van der Waals surface area contributed by atoms with Crippen LogP contribution in [0.1, 0.15) is 75.7 Å². The largest absolute Gasteiger partial charge is 0.474 e. The van der Waals surface area contributed by atoms with Crippen molar-refractivity contribution in [1.29, 1.82) is 0 Å². The van der Waals surface area contributed by atoms with Crippen molar-refractivity contribution in [3.05, 3.63) is 164 Å². The third kappa shape index (κ3) is 11.2. The van der Waals surface area contributed by atoms with E-state index < -0.39 is 0 Å². The SMILES string of the molecule is O=C(CC1CCC(Oc2ccc(-c3ccc(-c4ncc(-c5ccccc5)[nH]4)c(F)c3)cn2)CC1)OCOC(=O)CC1CCC(c2ccc(-c3ccc(-c4ncc(-c5ccccc5)[nH]4)cn3)cc2)CC1. The summed E-state index contributed by atoms with van der Waals surface area (Å²) in [5.74, 6) is 1.55. The van der Waals surface area contributed by atoms with Gasteiger partial charge in [0.2, 0.25) is 12.7 Å². The fraction of sp³-hybridized carbons (Fsp3) is 0.263. The third-order valence-corrected chi connectivity index (χ3v) is 13.6. The van der Waals surface area contributed by atoms with Crippen LogP contribution < -0.4 is 4.74 Å². The van der Waals surface area contributed by atoms with E-state index in [0.29, 0.717) is 35.2 Å². The second-order valence-electron chi connectivity index (χ2n) is 18.2. The lowest BCUT2D eigenvalue weighted by Gasteiger charge is -2.28. The maximum absolute atomic E-state index is 15.3. The average Bonchev–Trinajstić information content (AvgIpc) is 4.10. The number of benzene rings is 4. The van der Waals surface area contributed by atoms with Crippen LogP contribution in [0.25, 0.3) is 67.7 Å². The van der Waals surface area contributed by atoms with Gasteiger partial charge in [0.25, 0.3) is 0 Å². The number of H-pyrrole nitrogens is 2. The third-order valence-electron chi connectivity index (χ3n) is 13.6. The van der Waals surface area contributed by atoms with Gasteiger partial charge in [0.05, 0.1) is 35.0 Å². The summed E-state index contributed by atoms with van der Waals surface area (Å²) in [6, 6.07) is 41.4. The first kappa shape index (κ1) is 45.1. The standard InChI is InChI=1S/C57H53FN6O5/c58-49-31-44(21-26-48(49)57-62-35-52(64-57)42-9-5-2-6-10-42)45-23-28-53(60-32-45)69-47-24-13-38(14-25-47)30-55(66)68-36-67-54(65)29-37-11-15-39(16-12-37)40-17-19-43(20-18-40)50-27-22-46(33-59-50)56-61-34-51(63-56)41-7-3-1-4-8-41/h1-10,17-23,26-28,31-35,37-39,47H,11-16,24-25,29-30,36H2,(H,61,63)(H,62,64). The molecule has 0 bridgehead atoms. The Bertz CT molecular complexity index is 2960. The highest BCUT2D eigenvalue weighted by atomic mass is 19.1. The quantitative estimate of drug-likeness (QED) is 0.0758. The molecule has 2 aliphatic carbocycles. The summed E-state index contributed by atoms with van der Waals surface area (Å²) in [6.07, 6.45) is 14.8. The lowest BCUT2D eigenvalue weighted by atomic mass is 9.77. The molecule has 11 nitrogen and oxygen atoms in total. The maximum atomic E-state index is 15.3. The monoisotopic (exact) mass is 920 g/mol. The van der Waals surface area contributed by atoms with Gasteiger partial charge >= 0.3 is 11.9 Å². The number of halogens is 1. The topological polar surface area (TPSA) is 145 Å². The lowest BCUT2D eigenvalue weighted by molar-refractivity contribution is -0.168. The first-order valence-electron chi connectivity index (χ1n) is 23.9. The number of hydrogen-bond acceptors (Lipinski definition) is 9. The number of carbonyl (C=O) groups excluding carboxylic acids is 2. The van der Waals surface area contributed by atoms with Crippen molar-refractivity contribution in [2.45, 2.75) is 76.2 Å². The molecule has 2 fully saturated rings. The van der Waals surface area contributed by atoms with Gasteiger partial charge in [0.1, 0.15) is 23.6 Å². The van der Waals surface area contributed by atoms with E-state index in [1.165, 1.54) is 11.6 Å². The molecule has 4 aromatic carbocycles. The molecule has 0 radical (unpaired) electrons. The summed E-state index contributed by atoms with van der Waals surface area (Å²) in [5.41, 5.74) is 9.93. The Hall–Kier alpha value is -7.73. The molecule has 0 spiro atoms. The van der Waals surface area contributed by atoms with E-state index >= 15 is 4.39 Å². The number of aromatic amines is 2. The van der Waals surface area contributed by atoms with Crippen LogP contribution in [0.5, 0.6) is 5.88 Å². The molecular formula is C57H53FN6O5. The minimum Gasteiger partial charge on any atom is -0.474 e. The molecule has 2 saturated carbocycles. The molecular weight excluding hydrogens is 868 g/mol. The van der Waals surface area contributed by atoms with Crippen molar-refractivity contribution in [3.63, 3.8) is 0 Å². The molecule has 8 aromatic rings. The average molecular weight is 921 g/mol. The Labute approximate surface area is 400 Å². The zero-order valence-electron chi connectivity index (χ0n) is 38.2. The smallest absolute Gasteiger partial charge is 0.308 e. The van der Waals surface area contributed by atoms with Crippen molar-refractivity contribution >= 4 is 11.9 Å². The molecule has 2 N–H and O–H groups in total. The van der Waals surface area contributed by atoms with E-state index in [0.717, 1.165) is 102 Å². The van der Waals surface area contributed by atoms with Crippen molar-refractivity contribution in [1.82, 2.24) is 29.9 Å². The van der Waals surface area contributed by atoms with E-state index in [2.05, 4.69) is 61.3 Å². The number of nitrogens with zero attached hydrogens (tertiary/aromatic N) is 4. The van der Waals surface area contributed by atoms with Gasteiger partial charge in [0, 0.05) is 48.0 Å². The molecule has 4 aromatic heterocycles. The van der Waals surface area contributed by atoms with Gasteiger partial charge in [-0.05, 0) is 122 Å². The number of hydrogen-bond donors (Lipinski definition) is 2. The zero-order chi connectivity index (χ0) is 46.9. The number of rotatable bonds is 15. The summed E-state index contributed by atoms with van der Waals surface area (Å²) in [5, 5.41) is 0. The van der Waals surface area contributed by atoms with Crippen LogP contribution in [-0.2, 0) is 19.1 Å². The van der Waals surface area contributed by atoms with Gasteiger partial charge in [0.15, 0.2) is 0 Å². The number of pyridine rings is 2. The Kier molecular flexibility index (Phi) is 13.8. The van der Waals surface area contributed by atoms with Gasteiger partial charge in [-0.2, -0.15) is 0 Å². The van der Waals surface area contributed by atoms with Gasteiger partial charge in [-0.1, -0.05) is 91.0 Å². The normalized spacial score (nSPS) is 18.0. The highest BCUT2D eigenvalue weighted by Crippen LogP contribution is 2.38. The van der Waals surface area contributed by atoms with Crippen LogP contribution in [0.4, 0.5) is 4.39 Å². The van der Waals surface area contributed by atoms with Crippen LogP contribution >= 0.6 is 0 Å². The molecule has 10 rings (SSSR count). The van der Waals surface area contributed by atoms with Crippen LogP contribution in [-0.4, -0.2) is 54.7 Å². The van der Waals surface area contributed by atoms with Crippen LogP contribution in [0.15, 0.2) is 152 Å². The summed E-state index contributed by atoms with van der Waals surface area (Å²) in [7, 11) is 0. The lowest BCUT2D eigenvalue weighted by Crippen LogP contribution is -2.26. The summed E-state index contributed by atoms with van der Waals surface area (Å²) >= 11 is 0. The number of aromatic nitrogens is 6. The van der Waals surface area contributed by atoms with Crippen LogP contribution in [0.3, 0.4) is 0 Å². The van der Waals surface area contributed by atoms with Crippen LogP contribution in [0.2, 0.25) is 0 Å².